The van der Waals surface area contributed by atoms with Crippen LogP contribution in [0.4, 0.5) is 0 Å². The average Bonchev–Trinajstić information content (AvgIpc) is 2.02. The normalized spacial score (nSPS) is 11.0. The molecule has 0 bridgehead atoms. The predicted molar refractivity (Wildman–Crippen MR) is 61.7 cm³/mol. The molecule has 15 heavy (non-hydrogen) atoms. The summed E-state index contributed by atoms with van der Waals surface area (Å²) in [7, 11) is 6.16. The Balaban J connectivity index is 0. The van der Waals surface area contributed by atoms with Crippen molar-refractivity contribution in [2.24, 2.45) is 0 Å². The molecule has 0 amide bonds. The third-order valence-corrected chi connectivity index (χ3v) is 1.49. The molecule has 0 aliphatic rings. The van der Waals surface area contributed by atoms with Crippen molar-refractivity contribution in [1.82, 2.24) is 0 Å². The second-order valence-corrected chi connectivity index (χ2v) is 4.27. The highest BCUT2D eigenvalue weighted by Crippen LogP contribution is 1.86. The summed E-state index contributed by atoms with van der Waals surface area (Å²) in [5.41, 5.74) is 0. The van der Waals surface area contributed by atoms with Gasteiger partial charge in [-0.2, -0.15) is 0 Å². The van der Waals surface area contributed by atoms with Crippen LogP contribution in [0, 0.1) is 0 Å². The van der Waals surface area contributed by atoms with Crippen molar-refractivity contribution in [3.8, 4) is 0 Å². The van der Waals surface area contributed by atoms with E-state index >= 15 is 0 Å². The van der Waals surface area contributed by atoms with Crippen LogP contribution in [0.25, 0.3) is 0 Å². The highest BCUT2D eigenvalue weighted by Gasteiger charge is 2.02. The van der Waals surface area contributed by atoms with Gasteiger partial charge in [0.05, 0.1) is 27.7 Å². The van der Waals surface area contributed by atoms with Crippen molar-refractivity contribution in [3.05, 3.63) is 12.2 Å². The molecule has 4 nitrogen and oxygen atoms in total. The van der Waals surface area contributed by atoms with E-state index in [-0.39, 0.29) is 6.61 Å². The van der Waals surface area contributed by atoms with Crippen LogP contribution < -0.4 is 0 Å². The Hall–Kier alpha value is -0.870. The van der Waals surface area contributed by atoms with E-state index < -0.39 is 5.97 Å². The number of aliphatic carboxylic acids is 1. The van der Waals surface area contributed by atoms with E-state index in [1.165, 1.54) is 6.08 Å². The van der Waals surface area contributed by atoms with E-state index in [9.17, 15) is 4.79 Å². The number of nitrogens with zero attached hydrogens (tertiary/aromatic N) is 1. The van der Waals surface area contributed by atoms with Gasteiger partial charge in [-0.15, -0.1) is 0 Å². The molecule has 0 heterocycles. The zero-order chi connectivity index (χ0) is 12.3. The minimum absolute atomic E-state index is 0.281. The number of rotatable bonds is 5. The number of carboxylic acid groups (broad SMARTS) is 1. The van der Waals surface area contributed by atoms with Gasteiger partial charge in [0.15, 0.2) is 0 Å². The molecule has 0 aromatic heterocycles. The molecule has 0 aliphatic carbocycles. The summed E-state index contributed by atoms with van der Waals surface area (Å²) in [6.07, 6.45) is 4.68. The number of hydrogen-bond donors (Lipinski definition) is 2. The topological polar surface area (TPSA) is 57.5 Å². The number of unbranched alkanes of at least 4 members (excludes halogenated alkanes) is 1. The summed E-state index contributed by atoms with van der Waals surface area (Å²) in [5, 5.41) is 16.4. The van der Waals surface area contributed by atoms with Crippen molar-refractivity contribution in [1.29, 1.82) is 0 Å². The second-order valence-electron chi connectivity index (χ2n) is 4.27. The van der Waals surface area contributed by atoms with Gasteiger partial charge in [-0.3, -0.25) is 0 Å². The molecule has 0 aromatic carbocycles. The third kappa shape index (κ3) is 24.6. The average molecular weight is 218 g/mol. The Kier molecular flexibility index (Phi) is 10.7. The van der Waals surface area contributed by atoms with Crippen molar-refractivity contribution in [3.63, 3.8) is 0 Å². The fraction of sp³-hybridized carbons (Fsp3) is 0.727. The van der Waals surface area contributed by atoms with Gasteiger partial charge in [0.2, 0.25) is 0 Å². The Morgan fingerprint density at radius 3 is 2.07 bits per heavy atom. The molecule has 0 spiro atoms. The number of carboxylic acids is 1. The number of carbonyl (C=O) groups is 1. The van der Waals surface area contributed by atoms with Gasteiger partial charge in [0, 0.05) is 6.08 Å². The fourth-order valence-corrected chi connectivity index (χ4v) is 0.651. The molecular weight excluding hydrogens is 194 g/mol. The number of quaternary nitrogens is 1. The minimum atomic E-state index is -0.863. The lowest BCUT2D eigenvalue weighted by Crippen LogP contribution is -2.36. The van der Waals surface area contributed by atoms with Gasteiger partial charge >= 0.3 is 5.97 Å². The molecule has 0 rings (SSSR count). The second kappa shape index (κ2) is 9.68. The van der Waals surface area contributed by atoms with E-state index in [0.29, 0.717) is 0 Å². The monoisotopic (exact) mass is 218 g/mol. The maximum absolute atomic E-state index is 9.79. The lowest BCUT2D eigenvalue weighted by molar-refractivity contribution is -0.870. The van der Waals surface area contributed by atoms with Crippen LogP contribution in [0.15, 0.2) is 12.2 Å². The first-order valence-corrected chi connectivity index (χ1v) is 5.14. The summed E-state index contributed by atoms with van der Waals surface area (Å²) < 4.78 is 0.844. The van der Waals surface area contributed by atoms with Crippen LogP contribution in [0.3, 0.4) is 0 Å². The summed E-state index contributed by atoms with van der Waals surface area (Å²) >= 11 is 0. The molecule has 0 atom stereocenters. The fourth-order valence-electron chi connectivity index (χ4n) is 0.651. The number of likely N-dealkylation sites (N-methyl/N-ethyl adjacent to an activating group) is 1. The van der Waals surface area contributed by atoms with E-state index in [1.807, 2.05) is 6.92 Å². The van der Waals surface area contributed by atoms with Gasteiger partial charge in [0.1, 0.15) is 6.54 Å². The van der Waals surface area contributed by atoms with Gasteiger partial charge in [-0.25, -0.2) is 4.79 Å². The van der Waals surface area contributed by atoms with Crippen molar-refractivity contribution < 1.29 is 19.5 Å². The highest BCUT2D eigenvalue weighted by molar-refractivity contribution is 5.79. The SMILES string of the molecule is CCC/C=C/C(=O)O.C[N+](C)(C)CCO. The van der Waals surface area contributed by atoms with Crippen LogP contribution in [0.2, 0.25) is 0 Å². The summed E-state index contributed by atoms with van der Waals surface area (Å²) in [4.78, 5) is 9.79. The number of allylic oxidation sites excluding steroid dienone is 1. The zero-order valence-corrected chi connectivity index (χ0v) is 10.2. The molecule has 2 N–H and O–H groups in total. The molecule has 0 radical (unpaired) electrons. The molecule has 90 valence electrons. The Bertz CT molecular complexity index is 183. The molecular formula is C11H24NO3+. The molecule has 0 saturated carbocycles. The lowest BCUT2D eigenvalue weighted by Gasteiger charge is -2.21. The molecule has 0 aromatic rings. The van der Waals surface area contributed by atoms with Crippen LogP contribution in [0.1, 0.15) is 19.8 Å². The molecule has 0 aliphatic heterocycles. The number of aliphatic hydroxyl groups excluding tert-OH is 1. The van der Waals surface area contributed by atoms with Gasteiger partial charge in [0.25, 0.3) is 0 Å². The van der Waals surface area contributed by atoms with E-state index in [2.05, 4.69) is 21.1 Å². The maximum atomic E-state index is 9.79. The number of hydrogen-bond acceptors (Lipinski definition) is 2. The Morgan fingerprint density at radius 2 is 1.87 bits per heavy atom. The molecule has 0 fully saturated rings. The summed E-state index contributed by atoms with van der Waals surface area (Å²) in [6, 6.07) is 0. The van der Waals surface area contributed by atoms with Gasteiger partial charge < -0.3 is 14.7 Å². The zero-order valence-electron chi connectivity index (χ0n) is 10.2. The van der Waals surface area contributed by atoms with E-state index in [4.69, 9.17) is 10.2 Å². The molecule has 4 heteroatoms. The molecule has 0 saturated heterocycles. The first kappa shape index (κ1) is 16.6. The van der Waals surface area contributed by atoms with E-state index in [0.717, 1.165) is 23.9 Å². The lowest BCUT2D eigenvalue weighted by atomic mass is 10.3. The molecule has 0 unspecified atom stereocenters. The number of aliphatic hydroxyl groups is 1. The van der Waals surface area contributed by atoms with Crippen molar-refractivity contribution in [2.75, 3.05) is 34.3 Å². The standard InChI is InChI=1S/C6H10O2.C5H14NO/c1-2-3-4-5-6(7)8;1-6(2,3)4-5-7/h4-5H,2-3H2,1H3,(H,7,8);7H,4-5H2,1-3H3/q;+1/b5-4+;. The van der Waals surface area contributed by atoms with Crippen molar-refractivity contribution in [2.45, 2.75) is 19.8 Å². The van der Waals surface area contributed by atoms with Gasteiger partial charge in [-0.1, -0.05) is 19.4 Å². The summed E-state index contributed by atoms with van der Waals surface area (Å²) in [6.45, 7) is 3.12. The smallest absolute Gasteiger partial charge is 0.327 e. The van der Waals surface area contributed by atoms with Crippen LogP contribution in [0.5, 0.6) is 0 Å². The predicted octanol–water partition coefficient (Wildman–Crippen LogP) is 1.11. The van der Waals surface area contributed by atoms with Crippen molar-refractivity contribution >= 4 is 5.97 Å². The van der Waals surface area contributed by atoms with Crippen LogP contribution in [-0.4, -0.2) is 55.0 Å². The highest BCUT2D eigenvalue weighted by atomic mass is 16.4. The maximum Gasteiger partial charge on any atom is 0.327 e. The van der Waals surface area contributed by atoms with E-state index in [1.54, 1.807) is 6.08 Å². The third-order valence-electron chi connectivity index (χ3n) is 1.49. The first-order valence-electron chi connectivity index (χ1n) is 5.14. The quantitative estimate of drug-likeness (QED) is 0.537. The van der Waals surface area contributed by atoms with Crippen LogP contribution >= 0.6 is 0 Å². The summed E-state index contributed by atoms with van der Waals surface area (Å²) in [5.74, 6) is -0.863. The van der Waals surface area contributed by atoms with Gasteiger partial charge in [-0.05, 0) is 6.42 Å². The van der Waals surface area contributed by atoms with Crippen LogP contribution in [-0.2, 0) is 4.79 Å². The first-order chi connectivity index (χ1) is 6.83. The Morgan fingerprint density at radius 1 is 1.33 bits per heavy atom. The minimum Gasteiger partial charge on any atom is -0.478 e. The largest absolute Gasteiger partial charge is 0.478 e. The Labute approximate surface area is 92.4 Å².